The summed E-state index contributed by atoms with van der Waals surface area (Å²) < 4.78 is 26.8. The van der Waals surface area contributed by atoms with Crippen LogP contribution in [0, 0.1) is 18.6 Å². The van der Waals surface area contributed by atoms with Crippen molar-refractivity contribution in [1.82, 2.24) is 0 Å². The predicted octanol–water partition coefficient (Wildman–Crippen LogP) is 3.53. The van der Waals surface area contributed by atoms with Crippen molar-refractivity contribution >= 4 is 11.6 Å². The molecule has 0 atom stereocenters. The molecule has 1 amide bonds. The summed E-state index contributed by atoms with van der Waals surface area (Å²) in [4.78, 5) is 11.8. The van der Waals surface area contributed by atoms with E-state index in [1.165, 1.54) is 6.92 Å². The zero-order valence-corrected chi connectivity index (χ0v) is 9.71. The van der Waals surface area contributed by atoms with Crippen LogP contribution in [0.3, 0.4) is 0 Å². The van der Waals surface area contributed by atoms with Gasteiger partial charge in [-0.2, -0.15) is 0 Å². The maximum Gasteiger partial charge on any atom is 0.255 e. The van der Waals surface area contributed by atoms with Crippen molar-refractivity contribution in [3.05, 3.63) is 65.2 Å². The summed E-state index contributed by atoms with van der Waals surface area (Å²) in [5.41, 5.74) is 0.426. The Hall–Kier alpha value is -2.23. The predicted molar refractivity (Wildman–Crippen MR) is 65.5 cm³/mol. The van der Waals surface area contributed by atoms with Gasteiger partial charge in [-0.3, -0.25) is 4.79 Å². The Morgan fingerprint density at radius 1 is 1.06 bits per heavy atom. The summed E-state index contributed by atoms with van der Waals surface area (Å²) in [6, 6.07) is 10.4. The summed E-state index contributed by atoms with van der Waals surface area (Å²) in [5, 5.41) is 2.34. The molecule has 92 valence electrons. The van der Waals surface area contributed by atoms with Crippen molar-refractivity contribution in [2.45, 2.75) is 6.92 Å². The first kappa shape index (κ1) is 12.2. The van der Waals surface area contributed by atoms with Gasteiger partial charge < -0.3 is 5.32 Å². The number of amides is 1. The quantitative estimate of drug-likeness (QED) is 0.864. The minimum absolute atomic E-state index is 0.160. The van der Waals surface area contributed by atoms with Gasteiger partial charge in [0.05, 0.1) is 5.69 Å². The second-order valence-corrected chi connectivity index (χ2v) is 3.90. The Balaban J connectivity index is 2.25. The van der Waals surface area contributed by atoms with Gasteiger partial charge in [0.25, 0.3) is 5.91 Å². The molecule has 0 heterocycles. The number of halogens is 2. The Bertz CT molecular complexity index is 582. The van der Waals surface area contributed by atoms with E-state index in [4.69, 9.17) is 0 Å². The van der Waals surface area contributed by atoms with Crippen LogP contribution in [0.2, 0.25) is 0 Å². The Labute approximate surface area is 103 Å². The van der Waals surface area contributed by atoms with E-state index in [2.05, 4.69) is 5.32 Å². The normalized spacial score (nSPS) is 10.2. The molecule has 0 spiro atoms. The maximum absolute atomic E-state index is 13.5. The van der Waals surface area contributed by atoms with Crippen LogP contribution in [0.5, 0.6) is 0 Å². The molecule has 2 aromatic carbocycles. The first-order chi connectivity index (χ1) is 8.58. The van der Waals surface area contributed by atoms with Crippen molar-refractivity contribution in [2.24, 2.45) is 0 Å². The molecule has 2 rings (SSSR count). The summed E-state index contributed by atoms with van der Waals surface area (Å²) in [6.07, 6.45) is 0. The van der Waals surface area contributed by atoms with Gasteiger partial charge >= 0.3 is 0 Å². The molecule has 0 bridgehead atoms. The Kier molecular flexibility index (Phi) is 3.37. The van der Waals surface area contributed by atoms with Crippen molar-refractivity contribution in [2.75, 3.05) is 5.32 Å². The van der Waals surface area contributed by atoms with Crippen molar-refractivity contribution < 1.29 is 13.6 Å². The first-order valence-electron chi connectivity index (χ1n) is 5.40. The van der Waals surface area contributed by atoms with Crippen LogP contribution < -0.4 is 5.32 Å². The molecule has 4 heteroatoms. The lowest BCUT2D eigenvalue weighted by molar-refractivity contribution is 0.102. The van der Waals surface area contributed by atoms with Crippen molar-refractivity contribution in [3.8, 4) is 0 Å². The van der Waals surface area contributed by atoms with Gasteiger partial charge in [0, 0.05) is 11.6 Å². The van der Waals surface area contributed by atoms with Crippen LogP contribution in [-0.2, 0) is 0 Å². The van der Waals surface area contributed by atoms with Crippen LogP contribution in [-0.4, -0.2) is 5.91 Å². The highest BCUT2D eigenvalue weighted by Crippen LogP contribution is 2.19. The van der Waals surface area contributed by atoms with Crippen LogP contribution >= 0.6 is 0 Å². The average molecular weight is 247 g/mol. The van der Waals surface area contributed by atoms with E-state index in [1.54, 1.807) is 30.3 Å². The first-order valence-corrected chi connectivity index (χ1v) is 5.40. The second-order valence-electron chi connectivity index (χ2n) is 3.90. The van der Waals surface area contributed by atoms with E-state index in [0.29, 0.717) is 5.56 Å². The molecule has 18 heavy (non-hydrogen) atoms. The molecule has 0 aliphatic carbocycles. The minimum Gasteiger partial charge on any atom is -0.319 e. The molecule has 0 radical (unpaired) electrons. The molecule has 0 fully saturated rings. The van der Waals surface area contributed by atoms with E-state index >= 15 is 0 Å². The third kappa shape index (κ3) is 2.53. The van der Waals surface area contributed by atoms with E-state index in [-0.39, 0.29) is 11.3 Å². The fourth-order valence-electron chi connectivity index (χ4n) is 1.53. The minimum atomic E-state index is -0.654. The van der Waals surface area contributed by atoms with Crippen LogP contribution in [0.15, 0.2) is 42.5 Å². The van der Waals surface area contributed by atoms with Crippen molar-refractivity contribution in [1.29, 1.82) is 0 Å². The maximum atomic E-state index is 13.5. The van der Waals surface area contributed by atoms with Crippen LogP contribution in [0.1, 0.15) is 15.9 Å². The van der Waals surface area contributed by atoms with Gasteiger partial charge in [0.1, 0.15) is 11.6 Å². The SMILES string of the molecule is Cc1cc(F)c(NC(=O)c2ccccc2)cc1F. The van der Waals surface area contributed by atoms with E-state index in [1.807, 2.05) is 0 Å². The number of hydrogen-bond acceptors (Lipinski definition) is 1. The summed E-state index contributed by atoms with van der Waals surface area (Å²) in [6.45, 7) is 1.46. The number of hydrogen-bond donors (Lipinski definition) is 1. The van der Waals surface area contributed by atoms with Gasteiger partial charge in [-0.05, 0) is 30.7 Å². The summed E-state index contributed by atoms with van der Waals surface area (Å²) >= 11 is 0. The molecule has 0 unspecified atom stereocenters. The van der Waals surface area contributed by atoms with E-state index < -0.39 is 17.5 Å². The fourth-order valence-corrected chi connectivity index (χ4v) is 1.53. The summed E-state index contributed by atoms with van der Waals surface area (Å²) in [5.74, 6) is -1.68. The number of benzene rings is 2. The zero-order chi connectivity index (χ0) is 13.1. The van der Waals surface area contributed by atoms with E-state index in [9.17, 15) is 13.6 Å². The van der Waals surface area contributed by atoms with Crippen LogP contribution in [0.25, 0.3) is 0 Å². The molecular weight excluding hydrogens is 236 g/mol. The van der Waals surface area contributed by atoms with Gasteiger partial charge in [0.2, 0.25) is 0 Å². The highest BCUT2D eigenvalue weighted by Gasteiger charge is 2.11. The van der Waals surface area contributed by atoms with Gasteiger partial charge in [-0.15, -0.1) is 0 Å². The number of rotatable bonds is 2. The Morgan fingerprint density at radius 3 is 2.39 bits per heavy atom. The topological polar surface area (TPSA) is 29.1 Å². The fraction of sp³-hybridized carbons (Fsp3) is 0.0714. The Morgan fingerprint density at radius 2 is 1.72 bits per heavy atom. The molecule has 0 aliphatic rings. The molecule has 0 aliphatic heterocycles. The summed E-state index contributed by atoms with van der Waals surface area (Å²) in [7, 11) is 0. The number of aryl methyl sites for hydroxylation is 1. The molecule has 0 saturated heterocycles. The number of nitrogens with one attached hydrogen (secondary N) is 1. The number of carbonyl (C=O) groups excluding carboxylic acids is 1. The lowest BCUT2D eigenvalue weighted by Crippen LogP contribution is -2.13. The monoisotopic (exact) mass is 247 g/mol. The number of anilines is 1. The molecule has 2 aromatic rings. The number of carbonyl (C=O) groups is 1. The second kappa shape index (κ2) is 4.96. The lowest BCUT2D eigenvalue weighted by atomic mass is 10.2. The highest BCUT2D eigenvalue weighted by atomic mass is 19.1. The standard InChI is InChI=1S/C14H11F2NO/c1-9-7-12(16)13(8-11(9)15)17-14(18)10-5-3-2-4-6-10/h2-8H,1H3,(H,17,18). The highest BCUT2D eigenvalue weighted by molar-refractivity contribution is 6.04. The molecular formula is C14H11F2NO. The lowest BCUT2D eigenvalue weighted by Gasteiger charge is -2.07. The van der Waals surface area contributed by atoms with Crippen molar-refractivity contribution in [3.63, 3.8) is 0 Å². The molecule has 0 aromatic heterocycles. The molecule has 1 N–H and O–H groups in total. The smallest absolute Gasteiger partial charge is 0.255 e. The van der Waals surface area contributed by atoms with Gasteiger partial charge in [-0.25, -0.2) is 8.78 Å². The molecule has 2 nitrogen and oxygen atoms in total. The largest absolute Gasteiger partial charge is 0.319 e. The average Bonchev–Trinajstić information content (AvgIpc) is 2.37. The third-order valence-corrected chi connectivity index (χ3v) is 2.53. The van der Waals surface area contributed by atoms with Gasteiger partial charge in [-0.1, -0.05) is 18.2 Å². The van der Waals surface area contributed by atoms with Crippen LogP contribution in [0.4, 0.5) is 14.5 Å². The molecule has 0 saturated carbocycles. The van der Waals surface area contributed by atoms with E-state index in [0.717, 1.165) is 12.1 Å². The zero-order valence-electron chi connectivity index (χ0n) is 9.71. The van der Waals surface area contributed by atoms with Gasteiger partial charge in [0.15, 0.2) is 0 Å². The third-order valence-electron chi connectivity index (χ3n) is 2.53.